The molecule has 0 spiro atoms. The standard InChI is InChI=1S/C29H40O9/c1-15(2)7-6-10-20(31)24-19(16-8-4-5-9-16)12-17-11-18(36-3)13-21(23(17)26(24)33)37-29-28(35)27(34)25(32)22(14-30)38-29/h11-13,15-16,22,25,27-30,32-35H,4-10,14H2,1-3H3. The van der Waals surface area contributed by atoms with Crippen molar-refractivity contribution >= 4 is 16.6 Å². The minimum Gasteiger partial charge on any atom is -0.506 e. The van der Waals surface area contributed by atoms with Crippen molar-refractivity contribution in [3.05, 3.63) is 29.3 Å². The predicted octanol–water partition coefficient (Wildman–Crippen LogP) is 3.40. The first kappa shape index (κ1) is 28.6. The Morgan fingerprint density at radius 3 is 2.42 bits per heavy atom. The summed E-state index contributed by atoms with van der Waals surface area (Å²) in [5, 5.41) is 52.9. The highest BCUT2D eigenvalue weighted by molar-refractivity contribution is 6.08. The molecule has 9 nitrogen and oxygen atoms in total. The molecule has 2 fully saturated rings. The number of aromatic hydroxyl groups is 1. The summed E-state index contributed by atoms with van der Waals surface area (Å²) in [5.41, 5.74) is 1.13. The van der Waals surface area contributed by atoms with E-state index in [0.717, 1.165) is 44.1 Å². The van der Waals surface area contributed by atoms with E-state index in [4.69, 9.17) is 14.2 Å². The zero-order chi connectivity index (χ0) is 27.6. The fourth-order valence-corrected chi connectivity index (χ4v) is 5.63. The van der Waals surface area contributed by atoms with Gasteiger partial charge in [0.1, 0.15) is 41.7 Å². The van der Waals surface area contributed by atoms with Gasteiger partial charge in [-0.1, -0.05) is 33.1 Å². The first-order valence-corrected chi connectivity index (χ1v) is 13.5. The molecular formula is C29H40O9. The molecule has 5 N–H and O–H groups in total. The fraction of sp³-hybridized carbons (Fsp3) is 0.621. The lowest BCUT2D eigenvalue weighted by atomic mass is 9.86. The SMILES string of the molecule is COc1cc(OC2OC(CO)C(O)C(O)C2O)c2c(O)c(C(=O)CCCC(C)C)c(C3CCCC3)cc2c1. The Balaban J connectivity index is 1.81. The summed E-state index contributed by atoms with van der Waals surface area (Å²) in [7, 11) is 1.49. The summed E-state index contributed by atoms with van der Waals surface area (Å²) in [6.45, 7) is 3.62. The number of phenols is 1. The van der Waals surface area contributed by atoms with Crippen molar-refractivity contribution in [1.29, 1.82) is 0 Å². The van der Waals surface area contributed by atoms with E-state index in [-0.39, 0.29) is 28.6 Å². The molecule has 1 heterocycles. The number of hydrogen-bond acceptors (Lipinski definition) is 9. The van der Waals surface area contributed by atoms with Gasteiger partial charge in [-0.2, -0.15) is 0 Å². The monoisotopic (exact) mass is 532 g/mol. The smallest absolute Gasteiger partial charge is 0.229 e. The molecule has 1 aliphatic heterocycles. The maximum atomic E-state index is 13.5. The molecule has 2 aromatic carbocycles. The van der Waals surface area contributed by atoms with Gasteiger partial charge < -0.3 is 39.7 Å². The van der Waals surface area contributed by atoms with Crippen molar-refractivity contribution in [2.24, 2.45) is 5.92 Å². The number of carbonyl (C=O) groups excluding carboxylic acids is 1. The molecule has 2 aromatic rings. The van der Waals surface area contributed by atoms with Crippen LogP contribution in [0, 0.1) is 5.92 Å². The van der Waals surface area contributed by atoms with Crippen LogP contribution in [0.3, 0.4) is 0 Å². The van der Waals surface area contributed by atoms with Gasteiger partial charge in [-0.15, -0.1) is 0 Å². The van der Waals surface area contributed by atoms with E-state index in [9.17, 15) is 30.3 Å². The lowest BCUT2D eigenvalue weighted by Gasteiger charge is -2.39. The van der Waals surface area contributed by atoms with Crippen LogP contribution >= 0.6 is 0 Å². The number of phenolic OH excluding ortho intramolecular Hbond substituents is 1. The van der Waals surface area contributed by atoms with E-state index >= 15 is 0 Å². The first-order chi connectivity index (χ1) is 18.2. The number of aliphatic hydroxyl groups excluding tert-OH is 4. The number of benzene rings is 2. The van der Waals surface area contributed by atoms with Crippen molar-refractivity contribution in [3.63, 3.8) is 0 Å². The van der Waals surface area contributed by atoms with Crippen LogP contribution in [0.1, 0.15) is 80.6 Å². The summed E-state index contributed by atoms with van der Waals surface area (Å²) < 4.78 is 17.0. The zero-order valence-electron chi connectivity index (χ0n) is 22.3. The summed E-state index contributed by atoms with van der Waals surface area (Å²) in [6, 6.07) is 5.18. The maximum Gasteiger partial charge on any atom is 0.229 e. The molecule has 4 rings (SSSR count). The molecule has 210 valence electrons. The predicted molar refractivity (Wildman–Crippen MR) is 141 cm³/mol. The second-order valence-corrected chi connectivity index (χ2v) is 10.9. The van der Waals surface area contributed by atoms with Gasteiger partial charge in [0.2, 0.25) is 6.29 Å². The van der Waals surface area contributed by atoms with Crippen molar-refractivity contribution in [1.82, 2.24) is 0 Å². The Kier molecular flexibility index (Phi) is 9.15. The minimum atomic E-state index is -1.63. The first-order valence-electron chi connectivity index (χ1n) is 13.5. The normalized spacial score (nSPS) is 26.3. The number of hydrogen-bond donors (Lipinski definition) is 5. The zero-order valence-corrected chi connectivity index (χ0v) is 22.3. The van der Waals surface area contributed by atoms with Crippen molar-refractivity contribution in [2.45, 2.75) is 95.4 Å². The molecule has 5 atom stereocenters. The average molecular weight is 533 g/mol. The Morgan fingerprint density at radius 1 is 1.08 bits per heavy atom. The van der Waals surface area contributed by atoms with Crippen LogP contribution in [-0.4, -0.2) is 75.7 Å². The number of fused-ring (bicyclic) bond motifs is 1. The van der Waals surface area contributed by atoms with Gasteiger partial charge in [0, 0.05) is 12.5 Å². The Morgan fingerprint density at radius 2 is 1.79 bits per heavy atom. The Bertz CT molecular complexity index is 1120. The van der Waals surface area contributed by atoms with E-state index in [2.05, 4.69) is 13.8 Å². The molecule has 0 bridgehead atoms. The molecule has 1 saturated heterocycles. The van der Waals surface area contributed by atoms with Crippen LogP contribution in [0.25, 0.3) is 10.8 Å². The molecule has 1 aliphatic carbocycles. The van der Waals surface area contributed by atoms with E-state index < -0.39 is 37.3 Å². The number of ketones is 1. The number of rotatable bonds is 10. The average Bonchev–Trinajstić information content (AvgIpc) is 3.43. The lowest BCUT2D eigenvalue weighted by molar-refractivity contribution is -0.277. The van der Waals surface area contributed by atoms with Crippen LogP contribution in [-0.2, 0) is 4.74 Å². The molecule has 0 aromatic heterocycles. The summed E-state index contributed by atoms with van der Waals surface area (Å²) in [6.07, 6.45) is -1.46. The van der Waals surface area contributed by atoms with E-state index in [1.165, 1.54) is 13.2 Å². The number of Topliss-reactive ketones (excluding diaryl/α,β-unsaturated/α-hetero) is 1. The minimum absolute atomic E-state index is 0.0791. The van der Waals surface area contributed by atoms with Gasteiger partial charge in [0.05, 0.1) is 24.7 Å². The van der Waals surface area contributed by atoms with Crippen molar-refractivity contribution < 1.29 is 44.5 Å². The molecule has 38 heavy (non-hydrogen) atoms. The Labute approximate surface area is 223 Å². The third-order valence-corrected chi connectivity index (χ3v) is 7.77. The van der Waals surface area contributed by atoms with E-state index in [1.54, 1.807) is 6.07 Å². The van der Waals surface area contributed by atoms with Crippen molar-refractivity contribution in [3.8, 4) is 17.2 Å². The van der Waals surface area contributed by atoms with Crippen molar-refractivity contribution in [2.75, 3.05) is 13.7 Å². The quantitative estimate of drug-likeness (QED) is 0.291. The molecule has 0 amide bonds. The van der Waals surface area contributed by atoms with Crippen LogP contribution in [0.4, 0.5) is 0 Å². The number of methoxy groups -OCH3 is 1. The molecule has 5 unspecified atom stereocenters. The number of ether oxygens (including phenoxy) is 3. The van der Waals surface area contributed by atoms with Gasteiger partial charge in [0.25, 0.3) is 0 Å². The molecule has 2 aliphatic rings. The summed E-state index contributed by atoms with van der Waals surface area (Å²) in [4.78, 5) is 13.5. The molecular weight excluding hydrogens is 492 g/mol. The highest BCUT2D eigenvalue weighted by Crippen LogP contribution is 2.46. The maximum absolute atomic E-state index is 13.5. The highest BCUT2D eigenvalue weighted by atomic mass is 16.7. The number of aliphatic hydroxyl groups is 4. The molecule has 1 saturated carbocycles. The van der Waals surface area contributed by atoms with E-state index in [1.807, 2.05) is 6.07 Å². The summed E-state index contributed by atoms with van der Waals surface area (Å²) in [5.74, 6) is 0.812. The molecule has 9 heteroatoms. The third kappa shape index (κ3) is 5.77. The van der Waals surface area contributed by atoms with Crippen LogP contribution in [0.2, 0.25) is 0 Å². The van der Waals surface area contributed by atoms with Gasteiger partial charge in [-0.05, 0) is 54.2 Å². The van der Waals surface area contributed by atoms with Gasteiger partial charge in [-0.25, -0.2) is 0 Å². The van der Waals surface area contributed by atoms with Crippen LogP contribution in [0.5, 0.6) is 17.2 Å². The van der Waals surface area contributed by atoms with Gasteiger partial charge >= 0.3 is 0 Å². The summed E-state index contributed by atoms with van der Waals surface area (Å²) >= 11 is 0. The number of carbonyl (C=O) groups is 1. The van der Waals surface area contributed by atoms with Crippen LogP contribution in [0.15, 0.2) is 18.2 Å². The third-order valence-electron chi connectivity index (χ3n) is 7.77. The lowest BCUT2D eigenvalue weighted by Crippen LogP contribution is -2.60. The second-order valence-electron chi connectivity index (χ2n) is 10.9. The Hall–Kier alpha value is -2.43. The van der Waals surface area contributed by atoms with E-state index in [0.29, 0.717) is 29.0 Å². The topological polar surface area (TPSA) is 146 Å². The van der Waals surface area contributed by atoms with Crippen LogP contribution < -0.4 is 9.47 Å². The van der Waals surface area contributed by atoms with Gasteiger partial charge in [-0.3, -0.25) is 4.79 Å². The molecule has 0 radical (unpaired) electrons. The fourth-order valence-electron chi connectivity index (χ4n) is 5.63. The highest BCUT2D eigenvalue weighted by Gasteiger charge is 2.45. The largest absolute Gasteiger partial charge is 0.506 e. The second kappa shape index (κ2) is 12.2. The van der Waals surface area contributed by atoms with Gasteiger partial charge in [0.15, 0.2) is 5.78 Å².